The molecule has 18 heavy (non-hydrogen) atoms. The van der Waals surface area contributed by atoms with Crippen molar-refractivity contribution in [1.29, 1.82) is 0 Å². The van der Waals surface area contributed by atoms with Crippen LogP contribution in [0.4, 0.5) is 0 Å². The second kappa shape index (κ2) is 6.48. The summed E-state index contributed by atoms with van der Waals surface area (Å²) in [4.78, 5) is 19.3. The van der Waals surface area contributed by atoms with E-state index < -0.39 is 0 Å². The van der Waals surface area contributed by atoms with E-state index in [9.17, 15) is 4.79 Å². The number of ether oxygens (including phenoxy) is 1. The lowest BCUT2D eigenvalue weighted by Gasteiger charge is -2.12. The van der Waals surface area contributed by atoms with Crippen LogP contribution in [0, 0.1) is 0 Å². The van der Waals surface area contributed by atoms with Gasteiger partial charge in [-0.3, -0.25) is 4.79 Å². The average Bonchev–Trinajstić information content (AvgIpc) is 2.87. The molecule has 1 aromatic rings. The lowest BCUT2D eigenvalue weighted by molar-refractivity contribution is 0.149. The van der Waals surface area contributed by atoms with Crippen molar-refractivity contribution >= 4 is 15.9 Å². The maximum absolute atomic E-state index is 11.9. The van der Waals surface area contributed by atoms with Gasteiger partial charge in [-0.15, -0.1) is 0 Å². The number of nitrogens with one attached hydrogen (secondary N) is 1. The van der Waals surface area contributed by atoms with Crippen molar-refractivity contribution in [2.45, 2.75) is 44.9 Å². The second-order valence-electron chi connectivity index (χ2n) is 4.64. The Balaban J connectivity index is 2.19. The Labute approximate surface area is 115 Å². The zero-order valence-corrected chi connectivity index (χ0v) is 12.3. The van der Waals surface area contributed by atoms with E-state index in [1.165, 1.54) is 12.8 Å². The highest BCUT2D eigenvalue weighted by Gasteiger charge is 2.22. The standard InChI is InChI=1S/C13H19BrN2O2/c1-2-18-8-7-10-15-12(9-5-3-4-6-9)11(14)13(17)16-10/h9H,2-8H2,1H3,(H,15,16,17). The molecule has 0 aliphatic heterocycles. The van der Waals surface area contributed by atoms with Gasteiger partial charge in [0.1, 0.15) is 10.3 Å². The Morgan fingerprint density at radius 2 is 2.17 bits per heavy atom. The molecular formula is C13H19BrN2O2. The van der Waals surface area contributed by atoms with E-state index in [2.05, 4.69) is 25.9 Å². The summed E-state index contributed by atoms with van der Waals surface area (Å²) in [6, 6.07) is 0. The number of hydrogen-bond donors (Lipinski definition) is 1. The van der Waals surface area contributed by atoms with Crippen LogP contribution < -0.4 is 5.56 Å². The second-order valence-corrected chi connectivity index (χ2v) is 5.43. The van der Waals surface area contributed by atoms with Gasteiger partial charge in [0, 0.05) is 18.9 Å². The minimum atomic E-state index is -0.0709. The molecule has 0 bridgehead atoms. The maximum Gasteiger partial charge on any atom is 0.265 e. The fraction of sp³-hybridized carbons (Fsp3) is 0.692. The molecule has 1 fully saturated rings. The van der Waals surface area contributed by atoms with Crippen LogP contribution in [-0.4, -0.2) is 23.2 Å². The topological polar surface area (TPSA) is 55.0 Å². The van der Waals surface area contributed by atoms with Crippen LogP contribution in [0.5, 0.6) is 0 Å². The maximum atomic E-state index is 11.9. The summed E-state index contributed by atoms with van der Waals surface area (Å²) in [7, 11) is 0. The molecular weight excluding hydrogens is 296 g/mol. The van der Waals surface area contributed by atoms with Crippen molar-refractivity contribution in [3.8, 4) is 0 Å². The normalized spacial score (nSPS) is 16.3. The predicted molar refractivity (Wildman–Crippen MR) is 74.0 cm³/mol. The minimum absolute atomic E-state index is 0.0709. The molecule has 0 atom stereocenters. The SMILES string of the molecule is CCOCCc1nc(C2CCCC2)c(Br)c(=O)[nH]1. The minimum Gasteiger partial charge on any atom is -0.381 e. The van der Waals surface area contributed by atoms with E-state index in [-0.39, 0.29) is 5.56 Å². The molecule has 0 spiro atoms. The quantitative estimate of drug-likeness (QED) is 0.850. The first-order valence-electron chi connectivity index (χ1n) is 6.58. The molecule has 4 nitrogen and oxygen atoms in total. The van der Waals surface area contributed by atoms with Crippen molar-refractivity contribution in [1.82, 2.24) is 9.97 Å². The van der Waals surface area contributed by atoms with Gasteiger partial charge in [0.25, 0.3) is 5.56 Å². The van der Waals surface area contributed by atoms with Crippen LogP contribution in [-0.2, 0) is 11.2 Å². The van der Waals surface area contributed by atoms with E-state index in [1.54, 1.807) is 0 Å². The monoisotopic (exact) mass is 314 g/mol. The van der Waals surface area contributed by atoms with E-state index in [1.807, 2.05) is 6.92 Å². The third kappa shape index (κ3) is 3.20. The Bertz CT molecular complexity index is 453. The number of hydrogen-bond acceptors (Lipinski definition) is 3. The number of nitrogens with zero attached hydrogens (tertiary/aromatic N) is 1. The first kappa shape index (κ1) is 13.7. The van der Waals surface area contributed by atoms with Crippen molar-refractivity contribution in [2.24, 2.45) is 0 Å². The van der Waals surface area contributed by atoms with Gasteiger partial charge in [0.15, 0.2) is 0 Å². The summed E-state index contributed by atoms with van der Waals surface area (Å²) in [5.41, 5.74) is 0.862. The first-order chi connectivity index (χ1) is 8.72. The lowest BCUT2D eigenvalue weighted by Crippen LogP contribution is -2.18. The van der Waals surface area contributed by atoms with Gasteiger partial charge in [0.2, 0.25) is 0 Å². The summed E-state index contributed by atoms with van der Waals surface area (Å²) >= 11 is 3.37. The third-order valence-corrected chi connectivity index (χ3v) is 4.13. The van der Waals surface area contributed by atoms with Crippen molar-refractivity contribution in [3.05, 3.63) is 26.3 Å². The molecule has 0 radical (unpaired) electrons. The van der Waals surface area contributed by atoms with E-state index in [0.717, 1.165) is 24.4 Å². The Kier molecular flexibility index (Phi) is 4.95. The van der Waals surface area contributed by atoms with Crippen molar-refractivity contribution < 1.29 is 4.74 Å². The highest BCUT2D eigenvalue weighted by molar-refractivity contribution is 9.10. The molecule has 1 aliphatic rings. The Morgan fingerprint density at radius 1 is 1.44 bits per heavy atom. The van der Waals surface area contributed by atoms with Crippen LogP contribution in [0.1, 0.15) is 50.0 Å². The average molecular weight is 315 g/mol. The van der Waals surface area contributed by atoms with Gasteiger partial charge >= 0.3 is 0 Å². The predicted octanol–water partition coefficient (Wildman–Crippen LogP) is 2.77. The van der Waals surface area contributed by atoms with E-state index in [4.69, 9.17) is 4.74 Å². The highest BCUT2D eigenvalue weighted by Crippen LogP contribution is 2.35. The van der Waals surface area contributed by atoms with Crippen LogP contribution in [0.15, 0.2) is 9.27 Å². The summed E-state index contributed by atoms with van der Waals surface area (Å²) in [5.74, 6) is 1.17. The fourth-order valence-corrected chi connectivity index (χ4v) is 2.94. The van der Waals surface area contributed by atoms with Crippen LogP contribution in [0.25, 0.3) is 0 Å². The number of rotatable bonds is 5. The summed E-state index contributed by atoms with van der Waals surface area (Å²) in [6.07, 6.45) is 5.41. The van der Waals surface area contributed by atoms with Gasteiger partial charge in [-0.1, -0.05) is 12.8 Å². The summed E-state index contributed by atoms with van der Waals surface area (Å²) in [5, 5.41) is 0. The molecule has 1 aliphatic carbocycles. The molecule has 1 aromatic heterocycles. The van der Waals surface area contributed by atoms with Crippen LogP contribution in [0.3, 0.4) is 0 Å². The molecule has 1 heterocycles. The molecule has 1 saturated carbocycles. The molecule has 0 saturated heterocycles. The number of H-pyrrole nitrogens is 1. The zero-order valence-electron chi connectivity index (χ0n) is 10.7. The van der Waals surface area contributed by atoms with Crippen molar-refractivity contribution in [3.63, 3.8) is 0 Å². The molecule has 0 unspecified atom stereocenters. The molecule has 2 rings (SSSR count). The molecule has 0 amide bonds. The Hall–Kier alpha value is -0.680. The number of halogens is 1. The number of aromatic nitrogens is 2. The van der Waals surface area contributed by atoms with Gasteiger partial charge < -0.3 is 9.72 Å². The zero-order chi connectivity index (χ0) is 13.0. The molecule has 0 aromatic carbocycles. The Morgan fingerprint density at radius 3 is 2.83 bits per heavy atom. The van der Waals surface area contributed by atoms with Crippen LogP contribution >= 0.6 is 15.9 Å². The van der Waals surface area contributed by atoms with Crippen LogP contribution in [0.2, 0.25) is 0 Å². The van der Waals surface area contributed by atoms with E-state index in [0.29, 0.717) is 30.0 Å². The molecule has 5 heteroatoms. The van der Waals surface area contributed by atoms with Gasteiger partial charge in [-0.05, 0) is 35.7 Å². The lowest BCUT2D eigenvalue weighted by atomic mass is 10.0. The van der Waals surface area contributed by atoms with Gasteiger partial charge in [-0.25, -0.2) is 4.98 Å². The molecule has 100 valence electrons. The highest BCUT2D eigenvalue weighted by atomic mass is 79.9. The third-order valence-electron chi connectivity index (χ3n) is 3.37. The first-order valence-corrected chi connectivity index (χ1v) is 7.38. The summed E-state index contributed by atoms with van der Waals surface area (Å²) in [6.45, 7) is 3.25. The fourth-order valence-electron chi connectivity index (χ4n) is 2.43. The van der Waals surface area contributed by atoms with Gasteiger partial charge in [-0.2, -0.15) is 0 Å². The van der Waals surface area contributed by atoms with Gasteiger partial charge in [0.05, 0.1) is 12.3 Å². The van der Waals surface area contributed by atoms with Crippen molar-refractivity contribution in [2.75, 3.05) is 13.2 Å². The largest absolute Gasteiger partial charge is 0.381 e. The number of aromatic amines is 1. The summed E-state index contributed by atoms with van der Waals surface area (Å²) < 4.78 is 5.91. The molecule has 1 N–H and O–H groups in total. The van der Waals surface area contributed by atoms with E-state index >= 15 is 0 Å². The smallest absolute Gasteiger partial charge is 0.265 e.